The highest BCUT2D eigenvalue weighted by atomic mass is 16.3. The molecule has 0 aliphatic carbocycles. The van der Waals surface area contributed by atoms with Gasteiger partial charge in [-0.25, -0.2) is 0 Å². The molecule has 0 bridgehead atoms. The van der Waals surface area contributed by atoms with Gasteiger partial charge in [-0.05, 0) is 18.9 Å². The number of hydrogen-bond donors (Lipinski definition) is 2. The monoisotopic (exact) mass is 193 g/mol. The summed E-state index contributed by atoms with van der Waals surface area (Å²) in [6.45, 7) is 4.32. The standard InChI is InChI=1S/C12H19NO/c1-10(14)12(2,9-13)8-11-6-4-3-5-7-11/h3-7,10,14H,8-9,13H2,1-2H3/t10-,12+/m0/s1. The molecular formula is C12H19NO. The molecule has 2 atom stereocenters. The number of rotatable bonds is 4. The first kappa shape index (κ1) is 11.2. The Morgan fingerprint density at radius 1 is 1.36 bits per heavy atom. The third-order valence-corrected chi connectivity index (χ3v) is 2.93. The van der Waals surface area contributed by atoms with E-state index >= 15 is 0 Å². The van der Waals surface area contributed by atoms with E-state index in [4.69, 9.17) is 5.73 Å². The van der Waals surface area contributed by atoms with E-state index in [1.807, 2.05) is 25.1 Å². The van der Waals surface area contributed by atoms with Gasteiger partial charge in [-0.1, -0.05) is 37.3 Å². The molecule has 0 radical (unpaired) electrons. The summed E-state index contributed by atoms with van der Waals surface area (Å²) in [7, 11) is 0. The zero-order chi connectivity index (χ0) is 10.6. The average Bonchev–Trinajstić information content (AvgIpc) is 2.19. The lowest BCUT2D eigenvalue weighted by Gasteiger charge is -2.31. The maximum Gasteiger partial charge on any atom is 0.0580 e. The molecule has 0 aliphatic rings. The van der Waals surface area contributed by atoms with Crippen LogP contribution in [0.1, 0.15) is 19.4 Å². The highest BCUT2D eigenvalue weighted by Gasteiger charge is 2.28. The largest absolute Gasteiger partial charge is 0.393 e. The van der Waals surface area contributed by atoms with Crippen LogP contribution in [-0.4, -0.2) is 17.8 Å². The first-order valence-electron chi connectivity index (χ1n) is 5.00. The molecule has 78 valence electrons. The molecule has 1 rings (SSSR count). The average molecular weight is 193 g/mol. The summed E-state index contributed by atoms with van der Waals surface area (Å²) < 4.78 is 0. The molecule has 0 saturated carbocycles. The van der Waals surface area contributed by atoms with Crippen molar-refractivity contribution in [3.8, 4) is 0 Å². The Balaban J connectivity index is 2.76. The minimum atomic E-state index is -0.382. The van der Waals surface area contributed by atoms with E-state index < -0.39 is 0 Å². The molecule has 0 unspecified atom stereocenters. The summed E-state index contributed by atoms with van der Waals surface area (Å²) >= 11 is 0. The number of nitrogens with two attached hydrogens (primary N) is 1. The first-order valence-corrected chi connectivity index (χ1v) is 5.00. The second kappa shape index (κ2) is 4.58. The molecule has 0 spiro atoms. The maximum atomic E-state index is 9.65. The molecular weight excluding hydrogens is 174 g/mol. The Kier molecular flexibility index (Phi) is 3.67. The van der Waals surface area contributed by atoms with Gasteiger partial charge in [-0.2, -0.15) is 0 Å². The van der Waals surface area contributed by atoms with E-state index in [1.54, 1.807) is 6.92 Å². The van der Waals surface area contributed by atoms with Crippen LogP contribution in [-0.2, 0) is 6.42 Å². The van der Waals surface area contributed by atoms with Crippen LogP contribution in [0.4, 0.5) is 0 Å². The highest BCUT2D eigenvalue weighted by Crippen LogP contribution is 2.25. The highest BCUT2D eigenvalue weighted by molar-refractivity contribution is 5.16. The molecule has 2 nitrogen and oxygen atoms in total. The van der Waals surface area contributed by atoms with Crippen molar-refractivity contribution in [1.82, 2.24) is 0 Å². The fourth-order valence-electron chi connectivity index (χ4n) is 1.45. The molecule has 0 aliphatic heterocycles. The van der Waals surface area contributed by atoms with Gasteiger partial charge in [-0.3, -0.25) is 0 Å². The maximum absolute atomic E-state index is 9.65. The zero-order valence-electron chi connectivity index (χ0n) is 8.90. The predicted octanol–water partition coefficient (Wildman–Crippen LogP) is 1.57. The minimum absolute atomic E-state index is 0.221. The van der Waals surface area contributed by atoms with Crippen LogP contribution in [0.25, 0.3) is 0 Å². The normalized spacial score (nSPS) is 17.4. The predicted molar refractivity (Wildman–Crippen MR) is 59.0 cm³/mol. The molecule has 0 amide bonds. The van der Waals surface area contributed by atoms with Gasteiger partial charge in [-0.15, -0.1) is 0 Å². The van der Waals surface area contributed by atoms with Crippen LogP contribution >= 0.6 is 0 Å². The summed E-state index contributed by atoms with van der Waals surface area (Å²) in [4.78, 5) is 0. The topological polar surface area (TPSA) is 46.2 Å². The number of aliphatic hydroxyl groups excluding tert-OH is 1. The second-order valence-electron chi connectivity index (χ2n) is 4.20. The molecule has 2 heteroatoms. The Morgan fingerprint density at radius 2 is 1.93 bits per heavy atom. The first-order chi connectivity index (χ1) is 6.58. The van der Waals surface area contributed by atoms with E-state index in [1.165, 1.54) is 5.56 Å². The molecule has 1 aromatic rings. The molecule has 0 saturated heterocycles. The SMILES string of the molecule is C[C@H](O)[C@@](C)(CN)Cc1ccccc1. The van der Waals surface area contributed by atoms with Gasteiger partial charge in [0.1, 0.15) is 0 Å². The van der Waals surface area contributed by atoms with Gasteiger partial charge >= 0.3 is 0 Å². The van der Waals surface area contributed by atoms with Crippen molar-refractivity contribution < 1.29 is 5.11 Å². The van der Waals surface area contributed by atoms with Crippen LogP contribution in [0, 0.1) is 5.41 Å². The van der Waals surface area contributed by atoms with Gasteiger partial charge in [0.2, 0.25) is 0 Å². The van der Waals surface area contributed by atoms with Crippen LogP contribution in [0.2, 0.25) is 0 Å². The number of aliphatic hydroxyl groups is 1. The molecule has 0 heterocycles. The van der Waals surface area contributed by atoms with Crippen LogP contribution < -0.4 is 5.73 Å². The van der Waals surface area contributed by atoms with E-state index in [2.05, 4.69) is 12.1 Å². The molecule has 14 heavy (non-hydrogen) atoms. The molecule has 3 N–H and O–H groups in total. The van der Waals surface area contributed by atoms with Crippen LogP contribution in [0.5, 0.6) is 0 Å². The zero-order valence-corrected chi connectivity index (χ0v) is 8.90. The van der Waals surface area contributed by atoms with Crippen molar-refractivity contribution in [2.45, 2.75) is 26.4 Å². The summed E-state index contributed by atoms with van der Waals surface area (Å²) in [5.74, 6) is 0. The van der Waals surface area contributed by atoms with Gasteiger partial charge in [0.05, 0.1) is 6.10 Å². The Bertz CT molecular complexity index is 271. The Hall–Kier alpha value is -0.860. The summed E-state index contributed by atoms with van der Waals surface area (Å²) in [6, 6.07) is 10.1. The summed E-state index contributed by atoms with van der Waals surface area (Å²) in [5.41, 5.74) is 6.70. The van der Waals surface area contributed by atoms with Gasteiger partial charge in [0.25, 0.3) is 0 Å². The Morgan fingerprint density at radius 3 is 2.36 bits per heavy atom. The summed E-state index contributed by atoms with van der Waals surface area (Å²) in [6.07, 6.45) is 0.440. The number of hydrogen-bond acceptors (Lipinski definition) is 2. The van der Waals surface area contributed by atoms with Crippen molar-refractivity contribution in [2.75, 3.05) is 6.54 Å². The molecule has 0 aromatic heterocycles. The fraction of sp³-hybridized carbons (Fsp3) is 0.500. The van der Waals surface area contributed by atoms with Crippen molar-refractivity contribution >= 4 is 0 Å². The van der Waals surface area contributed by atoms with Crippen molar-refractivity contribution in [3.05, 3.63) is 35.9 Å². The van der Waals surface area contributed by atoms with Crippen molar-refractivity contribution in [1.29, 1.82) is 0 Å². The third kappa shape index (κ3) is 2.56. The second-order valence-corrected chi connectivity index (χ2v) is 4.20. The summed E-state index contributed by atoms with van der Waals surface area (Å²) in [5, 5.41) is 9.65. The van der Waals surface area contributed by atoms with Crippen LogP contribution in [0.15, 0.2) is 30.3 Å². The Labute approximate surface area is 85.8 Å². The lowest BCUT2D eigenvalue weighted by Crippen LogP contribution is -2.39. The van der Waals surface area contributed by atoms with Gasteiger partial charge in [0, 0.05) is 12.0 Å². The van der Waals surface area contributed by atoms with Crippen LogP contribution in [0.3, 0.4) is 0 Å². The molecule has 1 aromatic carbocycles. The quantitative estimate of drug-likeness (QED) is 0.762. The van der Waals surface area contributed by atoms with Crippen molar-refractivity contribution in [2.24, 2.45) is 11.1 Å². The van der Waals surface area contributed by atoms with Gasteiger partial charge < -0.3 is 10.8 Å². The fourth-order valence-corrected chi connectivity index (χ4v) is 1.45. The smallest absolute Gasteiger partial charge is 0.0580 e. The third-order valence-electron chi connectivity index (χ3n) is 2.93. The lowest BCUT2D eigenvalue weighted by molar-refractivity contribution is 0.0589. The van der Waals surface area contributed by atoms with Gasteiger partial charge in [0.15, 0.2) is 0 Å². The van der Waals surface area contributed by atoms with E-state index in [9.17, 15) is 5.11 Å². The van der Waals surface area contributed by atoms with Crippen molar-refractivity contribution in [3.63, 3.8) is 0 Å². The molecule has 0 fully saturated rings. The van der Waals surface area contributed by atoms with E-state index in [0.717, 1.165) is 6.42 Å². The van der Waals surface area contributed by atoms with E-state index in [-0.39, 0.29) is 11.5 Å². The minimum Gasteiger partial charge on any atom is -0.393 e. The van der Waals surface area contributed by atoms with E-state index in [0.29, 0.717) is 6.54 Å². The lowest BCUT2D eigenvalue weighted by atomic mass is 9.79. The number of benzene rings is 1.